The first-order chi connectivity index (χ1) is 12.2. The number of hydrogen-bond acceptors (Lipinski definition) is 4. The molecule has 2 aliphatic rings. The van der Waals surface area contributed by atoms with E-state index in [4.69, 9.17) is 4.84 Å². The van der Waals surface area contributed by atoms with E-state index in [-0.39, 0.29) is 11.8 Å². The monoisotopic (exact) mass is 343 g/mol. The normalized spacial score (nSPS) is 20.0. The van der Waals surface area contributed by atoms with E-state index in [1.54, 1.807) is 0 Å². The fourth-order valence-electron chi connectivity index (χ4n) is 3.12. The average molecular weight is 343 g/mol. The van der Waals surface area contributed by atoms with E-state index in [1.165, 1.54) is 6.42 Å². The van der Waals surface area contributed by atoms with Gasteiger partial charge in [0.2, 0.25) is 6.10 Å². The number of nitrogens with zero attached hydrogens (tertiary/aromatic N) is 2. The van der Waals surface area contributed by atoms with Crippen LogP contribution in [0.15, 0.2) is 29.4 Å². The Kier molecular flexibility index (Phi) is 5.68. The highest BCUT2D eigenvalue weighted by molar-refractivity contribution is 5.94. The molecule has 1 N–H and O–H groups in total. The molecule has 1 aromatic carbocycles. The summed E-state index contributed by atoms with van der Waals surface area (Å²) >= 11 is 0. The van der Waals surface area contributed by atoms with E-state index >= 15 is 0 Å². The molecule has 0 saturated carbocycles. The Morgan fingerprint density at radius 3 is 2.56 bits per heavy atom. The third-order valence-electron chi connectivity index (χ3n) is 4.74. The van der Waals surface area contributed by atoms with Gasteiger partial charge in [-0.2, -0.15) is 0 Å². The second-order valence-corrected chi connectivity index (χ2v) is 6.58. The summed E-state index contributed by atoms with van der Waals surface area (Å²) in [5.74, 6) is -0.0560. The van der Waals surface area contributed by atoms with E-state index < -0.39 is 6.10 Å². The molecule has 6 heteroatoms. The summed E-state index contributed by atoms with van der Waals surface area (Å²) in [6, 6.07) is 7.45. The van der Waals surface area contributed by atoms with Crippen molar-refractivity contribution >= 4 is 17.5 Å². The fraction of sp³-hybridized carbons (Fsp3) is 0.526. The first kappa shape index (κ1) is 17.5. The predicted molar refractivity (Wildman–Crippen MR) is 95.3 cm³/mol. The molecule has 1 aromatic rings. The second kappa shape index (κ2) is 8.14. The maximum Gasteiger partial charge on any atom is 0.264 e. The molecular weight excluding hydrogens is 318 g/mol. The van der Waals surface area contributed by atoms with Crippen LogP contribution in [-0.4, -0.2) is 41.6 Å². The second-order valence-electron chi connectivity index (χ2n) is 6.58. The molecule has 134 valence electrons. The SMILES string of the molecule is CCC1=NO[C@H](C(=O)NCc2ccc(C(=O)N3CCCCC3)cc2)C1. The Balaban J connectivity index is 1.49. The lowest BCUT2D eigenvalue weighted by molar-refractivity contribution is -0.131. The van der Waals surface area contributed by atoms with Gasteiger partial charge >= 0.3 is 0 Å². The van der Waals surface area contributed by atoms with Crippen LogP contribution in [-0.2, 0) is 16.2 Å². The zero-order chi connectivity index (χ0) is 17.6. The summed E-state index contributed by atoms with van der Waals surface area (Å²) in [6.45, 7) is 4.10. The maximum atomic E-state index is 12.4. The van der Waals surface area contributed by atoms with Crippen molar-refractivity contribution in [1.29, 1.82) is 0 Å². The Labute approximate surface area is 148 Å². The van der Waals surface area contributed by atoms with E-state index in [2.05, 4.69) is 10.5 Å². The minimum Gasteiger partial charge on any atom is -0.382 e. The van der Waals surface area contributed by atoms with Crippen molar-refractivity contribution in [1.82, 2.24) is 10.2 Å². The Morgan fingerprint density at radius 2 is 1.92 bits per heavy atom. The molecule has 1 atom stereocenters. The van der Waals surface area contributed by atoms with Crippen molar-refractivity contribution in [2.75, 3.05) is 13.1 Å². The lowest BCUT2D eigenvalue weighted by Gasteiger charge is -2.26. The molecule has 0 bridgehead atoms. The number of carbonyl (C=O) groups excluding carboxylic acids is 2. The number of amides is 2. The number of nitrogens with one attached hydrogen (secondary N) is 1. The number of carbonyl (C=O) groups is 2. The molecule has 6 nitrogen and oxygen atoms in total. The van der Waals surface area contributed by atoms with E-state index in [9.17, 15) is 9.59 Å². The highest BCUT2D eigenvalue weighted by Gasteiger charge is 2.26. The van der Waals surface area contributed by atoms with Gasteiger partial charge in [-0.1, -0.05) is 24.2 Å². The molecule has 0 spiro atoms. The van der Waals surface area contributed by atoms with Gasteiger partial charge in [0, 0.05) is 31.6 Å². The van der Waals surface area contributed by atoms with Gasteiger partial charge in [0.1, 0.15) is 0 Å². The fourth-order valence-corrected chi connectivity index (χ4v) is 3.12. The van der Waals surface area contributed by atoms with Crippen molar-refractivity contribution in [2.24, 2.45) is 5.16 Å². The molecule has 0 unspecified atom stereocenters. The average Bonchev–Trinajstić information content (AvgIpc) is 3.16. The van der Waals surface area contributed by atoms with Crippen molar-refractivity contribution in [3.63, 3.8) is 0 Å². The molecule has 25 heavy (non-hydrogen) atoms. The van der Waals surface area contributed by atoms with Crippen LogP contribution in [0.4, 0.5) is 0 Å². The smallest absolute Gasteiger partial charge is 0.264 e. The van der Waals surface area contributed by atoms with Gasteiger partial charge < -0.3 is 15.1 Å². The van der Waals surface area contributed by atoms with Crippen molar-refractivity contribution in [3.05, 3.63) is 35.4 Å². The van der Waals surface area contributed by atoms with Crippen LogP contribution in [0.1, 0.15) is 54.9 Å². The van der Waals surface area contributed by atoms with E-state index in [0.717, 1.165) is 43.6 Å². The number of hydrogen-bond donors (Lipinski definition) is 1. The summed E-state index contributed by atoms with van der Waals surface area (Å²) in [6.07, 6.45) is 4.22. The Bertz CT molecular complexity index is 648. The quantitative estimate of drug-likeness (QED) is 0.893. The Morgan fingerprint density at radius 1 is 1.20 bits per heavy atom. The predicted octanol–water partition coefficient (Wildman–Crippen LogP) is 2.48. The van der Waals surface area contributed by atoms with Crippen LogP contribution in [0.2, 0.25) is 0 Å². The first-order valence-corrected chi connectivity index (χ1v) is 9.05. The zero-order valence-corrected chi connectivity index (χ0v) is 14.7. The number of likely N-dealkylation sites (tertiary alicyclic amines) is 1. The largest absolute Gasteiger partial charge is 0.382 e. The number of piperidine rings is 1. The van der Waals surface area contributed by atoms with Crippen LogP contribution in [0.25, 0.3) is 0 Å². The summed E-state index contributed by atoms with van der Waals surface area (Å²) in [7, 11) is 0. The lowest BCUT2D eigenvalue weighted by atomic mass is 10.1. The highest BCUT2D eigenvalue weighted by atomic mass is 16.6. The highest BCUT2D eigenvalue weighted by Crippen LogP contribution is 2.15. The van der Waals surface area contributed by atoms with Crippen LogP contribution in [0.3, 0.4) is 0 Å². The van der Waals surface area contributed by atoms with Gasteiger partial charge in [-0.25, -0.2) is 0 Å². The standard InChI is InChI=1S/C19H25N3O3/c1-2-16-12-17(25-21-16)18(23)20-13-14-6-8-15(9-7-14)19(24)22-10-4-3-5-11-22/h6-9,17H,2-5,10-13H2,1H3,(H,20,23)/t17-/m0/s1. The zero-order valence-electron chi connectivity index (χ0n) is 14.7. The summed E-state index contributed by atoms with van der Waals surface area (Å²) in [4.78, 5) is 31.6. The van der Waals surface area contributed by atoms with Gasteiger partial charge in [0.05, 0.1) is 5.71 Å². The topological polar surface area (TPSA) is 71.0 Å². The van der Waals surface area contributed by atoms with Crippen LogP contribution >= 0.6 is 0 Å². The number of rotatable bonds is 5. The van der Waals surface area contributed by atoms with Gasteiger partial charge in [-0.3, -0.25) is 9.59 Å². The van der Waals surface area contributed by atoms with Crippen molar-refractivity contribution in [2.45, 2.75) is 51.7 Å². The molecule has 2 heterocycles. The molecular formula is C19H25N3O3. The third-order valence-corrected chi connectivity index (χ3v) is 4.74. The minimum atomic E-state index is -0.519. The van der Waals surface area contributed by atoms with Gasteiger partial charge in [-0.15, -0.1) is 0 Å². The number of oxime groups is 1. The van der Waals surface area contributed by atoms with E-state index in [0.29, 0.717) is 18.5 Å². The summed E-state index contributed by atoms with van der Waals surface area (Å²) in [5, 5.41) is 6.77. The molecule has 0 aromatic heterocycles. The minimum absolute atomic E-state index is 0.0962. The van der Waals surface area contributed by atoms with Crippen molar-refractivity contribution < 1.29 is 14.4 Å². The molecule has 1 fully saturated rings. The van der Waals surface area contributed by atoms with Crippen molar-refractivity contribution in [3.8, 4) is 0 Å². The summed E-state index contributed by atoms with van der Waals surface area (Å²) < 4.78 is 0. The van der Waals surface area contributed by atoms with Gasteiger partial charge in [-0.05, 0) is 43.4 Å². The molecule has 2 aliphatic heterocycles. The van der Waals surface area contributed by atoms with Crippen LogP contribution in [0, 0.1) is 0 Å². The summed E-state index contributed by atoms with van der Waals surface area (Å²) in [5.41, 5.74) is 2.58. The van der Waals surface area contributed by atoms with E-state index in [1.807, 2.05) is 36.1 Å². The van der Waals surface area contributed by atoms with Crippen LogP contribution in [0.5, 0.6) is 0 Å². The molecule has 0 aliphatic carbocycles. The van der Waals surface area contributed by atoms with Gasteiger partial charge in [0.15, 0.2) is 0 Å². The molecule has 2 amide bonds. The van der Waals surface area contributed by atoms with Gasteiger partial charge in [0.25, 0.3) is 11.8 Å². The maximum absolute atomic E-state index is 12.4. The molecule has 1 saturated heterocycles. The first-order valence-electron chi connectivity index (χ1n) is 9.05. The third kappa shape index (κ3) is 4.38. The lowest BCUT2D eigenvalue weighted by Crippen LogP contribution is -2.35. The molecule has 3 rings (SSSR count). The number of benzene rings is 1. The molecule has 0 radical (unpaired) electrons. The van der Waals surface area contributed by atoms with Crippen LogP contribution < -0.4 is 5.32 Å². The Hall–Kier alpha value is -2.37.